The van der Waals surface area contributed by atoms with Gasteiger partial charge in [0.15, 0.2) is 0 Å². The molecule has 0 rings (SSSR count). The molecule has 0 saturated carbocycles. The van der Waals surface area contributed by atoms with Crippen molar-refractivity contribution in [1.29, 1.82) is 0 Å². The molecule has 3 N–H and O–H groups in total. The molecule has 96 valence electrons. The molecular weight excluding hydrogens is 200 g/mol. The number of hydrogen-bond acceptors (Lipinski definition) is 3. The Labute approximate surface area is 100 Å². The third kappa shape index (κ3) is 7.83. The van der Waals surface area contributed by atoms with E-state index in [0.717, 1.165) is 19.3 Å². The van der Waals surface area contributed by atoms with E-state index in [1.807, 2.05) is 0 Å². The van der Waals surface area contributed by atoms with E-state index < -0.39 is 0 Å². The van der Waals surface area contributed by atoms with Gasteiger partial charge in [0.1, 0.15) is 5.78 Å². The minimum Gasteiger partial charge on any atom is -0.330 e. The molecule has 0 aromatic heterocycles. The van der Waals surface area contributed by atoms with Crippen LogP contribution in [0.5, 0.6) is 0 Å². The maximum absolute atomic E-state index is 12.0. The fraction of sp³-hybridized carbons (Fsp3) is 0.923. The predicted molar refractivity (Wildman–Crippen MR) is 69.4 cm³/mol. The number of ketones is 1. The molecule has 0 fully saturated rings. The maximum atomic E-state index is 12.0. The summed E-state index contributed by atoms with van der Waals surface area (Å²) >= 11 is 0. The average Bonchev–Trinajstić information content (AvgIpc) is 2.14. The Morgan fingerprint density at radius 2 is 1.81 bits per heavy atom. The molecule has 0 aromatic rings. The lowest BCUT2D eigenvalue weighted by atomic mass is 9.97. The summed E-state index contributed by atoms with van der Waals surface area (Å²) in [6.45, 7) is 9.05. The van der Waals surface area contributed by atoms with Gasteiger partial charge in [-0.15, -0.1) is 0 Å². The van der Waals surface area contributed by atoms with Gasteiger partial charge in [-0.2, -0.15) is 0 Å². The minimum absolute atomic E-state index is 0.0222. The Morgan fingerprint density at radius 1 is 1.19 bits per heavy atom. The first-order chi connectivity index (χ1) is 7.47. The first kappa shape index (κ1) is 15.6. The Balaban J connectivity index is 4.12. The quantitative estimate of drug-likeness (QED) is 0.594. The summed E-state index contributed by atoms with van der Waals surface area (Å²) < 4.78 is 0. The number of nitrogens with two attached hydrogens (primary N) is 1. The molecule has 0 bridgehead atoms. The largest absolute Gasteiger partial charge is 0.330 e. The van der Waals surface area contributed by atoms with Crippen molar-refractivity contribution in [3.63, 3.8) is 0 Å². The number of carbonyl (C=O) groups excluding carboxylic acids is 1. The molecule has 0 aliphatic rings. The second-order valence-electron chi connectivity index (χ2n) is 5.22. The van der Waals surface area contributed by atoms with Crippen molar-refractivity contribution >= 4 is 5.78 Å². The van der Waals surface area contributed by atoms with Gasteiger partial charge in [0.05, 0.1) is 6.04 Å². The molecule has 3 nitrogen and oxygen atoms in total. The summed E-state index contributed by atoms with van der Waals surface area (Å²) in [5.74, 6) is 0.791. The van der Waals surface area contributed by atoms with Crippen LogP contribution < -0.4 is 11.1 Å². The van der Waals surface area contributed by atoms with Gasteiger partial charge >= 0.3 is 0 Å². The van der Waals surface area contributed by atoms with Crippen LogP contribution in [0.25, 0.3) is 0 Å². The third-order valence-corrected chi connectivity index (χ3v) is 2.48. The maximum Gasteiger partial charge on any atom is 0.150 e. The van der Waals surface area contributed by atoms with Gasteiger partial charge in [0.25, 0.3) is 0 Å². The Bertz CT molecular complexity index is 190. The van der Waals surface area contributed by atoms with Crippen LogP contribution in [0.15, 0.2) is 0 Å². The standard InChI is InChI=1S/C13H28N2O/c1-10(2)9-13(16)12(15-11(3)4)7-5-6-8-14/h10-12,15H,5-9,14H2,1-4H3/t12-/m0/s1. The zero-order valence-electron chi connectivity index (χ0n) is 11.3. The fourth-order valence-corrected chi connectivity index (χ4v) is 1.78. The van der Waals surface area contributed by atoms with Crippen LogP contribution in [0, 0.1) is 5.92 Å². The highest BCUT2D eigenvalue weighted by Gasteiger charge is 2.19. The predicted octanol–water partition coefficient (Wildman–Crippen LogP) is 2.10. The van der Waals surface area contributed by atoms with Gasteiger partial charge in [-0.05, 0) is 25.3 Å². The van der Waals surface area contributed by atoms with Gasteiger partial charge in [-0.1, -0.05) is 34.1 Å². The van der Waals surface area contributed by atoms with E-state index in [1.54, 1.807) is 0 Å². The van der Waals surface area contributed by atoms with Crippen LogP contribution in [-0.2, 0) is 4.79 Å². The normalized spacial score (nSPS) is 13.4. The summed E-state index contributed by atoms with van der Waals surface area (Å²) in [6.07, 6.45) is 3.63. The molecule has 0 saturated heterocycles. The van der Waals surface area contributed by atoms with Crippen molar-refractivity contribution in [2.75, 3.05) is 6.54 Å². The molecule has 0 aliphatic heterocycles. The molecule has 3 heteroatoms. The highest BCUT2D eigenvalue weighted by Crippen LogP contribution is 2.09. The van der Waals surface area contributed by atoms with Crippen molar-refractivity contribution in [1.82, 2.24) is 5.32 Å². The molecule has 0 radical (unpaired) electrons. The summed E-state index contributed by atoms with van der Waals surface area (Å²) in [5, 5.41) is 3.35. The van der Waals surface area contributed by atoms with Crippen molar-refractivity contribution < 1.29 is 4.79 Å². The zero-order valence-corrected chi connectivity index (χ0v) is 11.3. The van der Waals surface area contributed by atoms with E-state index in [-0.39, 0.29) is 6.04 Å². The van der Waals surface area contributed by atoms with E-state index in [0.29, 0.717) is 30.7 Å². The fourth-order valence-electron chi connectivity index (χ4n) is 1.78. The SMILES string of the molecule is CC(C)CC(=O)[C@H](CCCCN)NC(C)C. The first-order valence-electron chi connectivity index (χ1n) is 6.46. The Kier molecular flexibility index (Phi) is 8.49. The zero-order chi connectivity index (χ0) is 12.6. The molecule has 1 atom stereocenters. The van der Waals surface area contributed by atoms with Crippen molar-refractivity contribution in [2.24, 2.45) is 11.7 Å². The summed E-state index contributed by atoms with van der Waals surface area (Å²) in [6, 6.07) is 0.382. The van der Waals surface area contributed by atoms with Gasteiger partial charge < -0.3 is 11.1 Å². The lowest BCUT2D eigenvalue weighted by Crippen LogP contribution is -2.41. The number of unbranched alkanes of at least 4 members (excludes halogenated alkanes) is 1. The van der Waals surface area contributed by atoms with Gasteiger partial charge in [0.2, 0.25) is 0 Å². The third-order valence-electron chi connectivity index (χ3n) is 2.48. The van der Waals surface area contributed by atoms with Crippen LogP contribution in [0.1, 0.15) is 53.4 Å². The molecule has 0 amide bonds. The molecular formula is C13H28N2O. The number of nitrogens with one attached hydrogen (secondary N) is 1. The summed E-state index contributed by atoms with van der Waals surface area (Å²) in [7, 11) is 0. The smallest absolute Gasteiger partial charge is 0.150 e. The number of Topliss-reactive ketones (excluding diaryl/α,β-unsaturated/α-hetero) is 1. The monoisotopic (exact) mass is 228 g/mol. The number of hydrogen-bond donors (Lipinski definition) is 2. The average molecular weight is 228 g/mol. The van der Waals surface area contributed by atoms with E-state index in [4.69, 9.17) is 5.73 Å². The number of rotatable bonds is 9. The lowest BCUT2D eigenvalue weighted by molar-refractivity contribution is -0.122. The molecule has 0 unspecified atom stereocenters. The topological polar surface area (TPSA) is 55.1 Å². The van der Waals surface area contributed by atoms with Crippen molar-refractivity contribution in [2.45, 2.75) is 65.5 Å². The molecule has 0 heterocycles. The van der Waals surface area contributed by atoms with Gasteiger partial charge in [-0.3, -0.25) is 4.79 Å². The second-order valence-corrected chi connectivity index (χ2v) is 5.22. The second kappa shape index (κ2) is 8.71. The van der Waals surface area contributed by atoms with E-state index in [2.05, 4.69) is 33.0 Å². The van der Waals surface area contributed by atoms with Gasteiger partial charge in [0, 0.05) is 12.5 Å². The van der Waals surface area contributed by atoms with Crippen LogP contribution in [0.2, 0.25) is 0 Å². The summed E-state index contributed by atoms with van der Waals surface area (Å²) in [4.78, 5) is 12.0. The van der Waals surface area contributed by atoms with Crippen LogP contribution in [0.3, 0.4) is 0 Å². The molecule has 0 spiro atoms. The van der Waals surface area contributed by atoms with Gasteiger partial charge in [-0.25, -0.2) is 0 Å². The highest BCUT2D eigenvalue weighted by atomic mass is 16.1. The Hall–Kier alpha value is -0.410. The van der Waals surface area contributed by atoms with Crippen molar-refractivity contribution in [3.8, 4) is 0 Å². The first-order valence-corrected chi connectivity index (χ1v) is 6.46. The van der Waals surface area contributed by atoms with E-state index in [1.165, 1.54) is 0 Å². The minimum atomic E-state index is 0.0222. The highest BCUT2D eigenvalue weighted by molar-refractivity contribution is 5.84. The van der Waals surface area contributed by atoms with Crippen LogP contribution in [-0.4, -0.2) is 24.4 Å². The number of carbonyl (C=O) groups is 1. The lowest BCUT2D eigenvalue weighted by Gasteiger charge is -2.21. The van der Waals surface area contributed by atoms with E-state index in [9.17, 15) is 4.79 Å². The summed E-state index contributed by atoms with van der Waals surface area (Å²) in [5.41, 5.74) is 5.47. The van der Waals surface area contributed by atoms with Crippen LogP contribution in [0.4, 0.5) is 0 Å². The molecule has 0 aromatic carbocycles. The Morgan fingerprint density at radius 3 is 2.25 bits per heavy atom. The van der Waals surface area contributed by atoms with Crippen LogP contribution >= 0.6 is 0 Å². The van der Waals surface area contributed by atoms with Crippen molar-refractivity contribution in [3.05, 3.63) is 0 Å². The molecule has 0 aliphatic carbocycles. The molecule has 16 heavy (non-hydrogen) atoms. The van der Waals surface area contributed by atoms with E-state index >= 15 is 0 Å².